The van der Waals surface area contributed by atoms with Crippen LogP contribution in [0.2, 0.25) is 0 Å². The van der Waals surface area contributed by atoms with Crippen LogP contribution >= 0.6 is 0 Å². The van der Waals surface area contributed by atoms with Crippen LogP contribution < -0.4 is 0 Å². The number of ketones is 1. The van der Waals surface area contributed by atoms with Crippen LogP contribution in [0, 0.1) is 46.8 Å². The number of rotatable bonds is 17. The van der Waals surface area contributed by atoms with Crippen LogP contribution in [0.5, 0.6) is 0 Å². The highest BCUT2D eigenvalue weighted by molar-refractivity contribution is 5.88. The molecule has 10 fully saturated rings. The molecule has 0 aromatic heterocycles. The average Bonchev–Trinajstić information content (AvgIpc) is 3.79. The summed E-state index contributed by atoms with van der Waals surface area (Å²) in [5.41, 5.74) is 2.01. The second-order valence-electron chi connectivity index (χ2n) is 20.5. The van der Waals surface area contributed by atoms with Crippen molar-refractivity contribution >= 4 is 29.7 Å². The van der Waals surface area contributed by atoms with Crippen molar-refractivity contribution in [3.05, 3.63) is 48.6 Å². The first-order chi connectivity index (χ1) is 31.0. The minimum Gasteiger partial charge on any atom is -0.435 e. The van der Waals surface area contributed by atoms with E-state index in [2.05, 4.69) is 26.3 Å². The SMILES string of the molecule is C=C(C)C(=O)OCOC1C2CC3CC(C2)C(=O)C1C3.C=C(C)C(=O)OCOC1CCCC1.C=C(C)C(=O)OCOC1CCCCC1.C=C(C)C(=O)OCOCC12CC3CC(CC(C3)C1)C2. The summed E-state index contributed by atoms with van der Waals surface area (Å²) in [4.78, 5) is 56.6. The maximum Gasteiger partial charge on any atom is 0.335 e. The van der Waals surface area contributed by atoms with Gasteiger partial charge in [0.25, 0.3) is 0 Å². The van der Waals surface area contributed by atoms with Crippen molar-refractivity contribution in [2.75, 3.05) is 33.8 Å². The van der Waals surface area contributed by atoms with E-state index in [0.29, 0.717) is 45.3 Å². The summed E-state index contributed by atoms with van der Waals surface area (Å²) in [6.45, 7) is 21.5. The predicted octanol–water partition coefficient (Wildman–Crippen LogP) is 9.81. The molecule has 0 aromatic carbocycles. The van der Waals surface area contributed by atoms with Crippen LogP contribution in [-0.2, 0) is 61.9 Å². The van der Waals surface area contributed by atoms with E-state index >= 15 is 0 Å². The lowest BCUT2D eigenvalue weighted by molar-refractivity contribution is -0.186. The summed E-state index contributed by atoms with van der Waals surface area (Å²) >= 11 is 0. The van der Waals surface area contributed by atoms with Gasteiger partial charge in [-0.2, -0.15) is 0 Å². The van der Waals surface area contributed by atoms with Gasteiger partial charge < -0.3 is 37.9 Å². The van der Waals surface area contributed by atoms with Crippen LogP contribution in [0.25, 0.3) is 0 Å². The molecule has 8 bridgehead atoms. The summed E-state index contributed by atoms with van der Waals surface area (Å²) in [5.74, 6) is 3.16. The molecule has 0 saturated heterocycles. The van der Waals surface area contributed by atoms with Crippen molar-refractivity contribution < 1.29 is 61.9 Å². The molecule has 0 amide bonds. The Morgan fingerprint density at radius 3 is 1.37 bits per heavy atom. The van der Waals surface area contributed by atoms with Gasteiger partial charge in [-0.15, -0.1) is 0 Å². The Labute approximate surface area is 387 Å². The van der Waals surface area contributed by atoms with E-state index < -0.39 is 5.97 Å². The molecule has 0 N–H and O–H groups in total. The molecule has 13 nitrogen and oxygen atoms in total. The maximum absolute atomic E-state index is 12.2. The van der Waals surface area contributed by atoms with Crippen molar-refractivity contribution in [1.29, 1.82) is 0 Å². The highest BCUT2D eigenvalue weighted by Crippen LogP contribution is 2.60. The minimum absolute atomic E-state index is 0.0415. The standard InChI is InChI=1S/C16H24O3.C15H20O4.C11H18O3.C10H16O3/c1-11(2)15(17)19-10-18-9-16-6-12-3-13(7-16)5-14(4-12)8-16;1-8(2)15(17)19-7-18-14-11-4-9-3-10(6-11)13(16)12(14)5-9;1-9(2)11(12)14-8-13-10-6-4-3-5-7-10;1-8(2)10(11)13-7-12-9-5-3-4-6-9/h12-14H,1,3-10H2,2H3;9-12,14H,1,3-7H2,2H3;10H,1,3-8H2,2H3;9H,1,3-7H2,2H3. The van der Waals surface area contributed by atoms with Gasteiger partial charge in [0.15, 0.2) is 27.2 Å². The van der Waals surface area contributed by atoms with Crippen molar-refractivity contribution in [3.63, 3.8) is 0 Å². The number of carbonyl (C=O) groups excluding carboxylic acids is 5. The van der Waals surface area contributed by atoms with Crippen molar-refractivity contribution in [2.24, 2.45) is 46.8 Å². The lowest BCUT2D eigenvalue weighted by atomic mass is 9.50. The molecule has 364 valence electrons. The Kier molecular flexibility index (Phi) is 20.5. The Bertz CT molecular complexity index is 1650. The molecule has 10 aliphatic carbocycles. The molecule has 0 heterocycles. The zero-order valence-electron chi connectivity index (χ0n) is 39.9. The van der Waals surface area contributed by atoms with Crippen molar-refractivity contribution in [3.8, 4) is 0 Å². The highest BCUT2D eigenvalue weighted by Gasteiger charge is 2.54. The number of carbonyl (C=O) groups is 5. The molecular weight excluding hydrogens is 833 g/mol. The van der Waals surface area contributed by atoms with Gasteiger partial charge >= 0.3 is 23.9 Å². The number of Topliss-reactive ketones (excluding diaryl/α,β-unsaturated/α-hetero) is 1. The first kappa shape index (κ1) is 52.3. The monoisotopic (exact) mass is 911 g/mol. The van der Waals surface area contributed by atoms with Crippen molar-refractivity contribution in [1.82, 2.24) is 0 Å². The van der Waals surface area contributed by atoms with Crippen LogP contribution in [0.3, 0.4) is 0 Å². The van der Waals surface area contributed by atoms with Crippen LogP contribution in [0.1, 0.15) is 150 Å². The highest BCUT2D eigenvalue weighted by atomic mass is 16.7. The number of esters is 4. The molecule has 65 heavy (non-hydrogen) atoms. The fourth-order valence-corrected chi connectivity index (χ4v) is 12.0. The molecule has 0 radical (unpaired) electrons. The van der Waals surface area contributed by atoms with Gasteiger partial charge in [0.05, 0.1) is 24.9 Å². The summed E-state index contributed by atoms with van der Waals surface area (Å²) in [7, 11) is 0. The Hall–Kier alpha value is -3.65. The number of ether oxygens (including phenoxy) is 8. The molecule has 5 atom stereocenters. The third-order valence-corrected chi connectivity index (χ3v) is 14.6. The van der Waals surface area contributed by atoms with E-state index in [9.17, 15) is 24.0 Å². The van der Waals surface area contributed by atoms with Gasteiger partial charge in [-0.05, 0) is 153 Å². The Balaban J connectivity index is 0.000000165. The quantitative estimate of drug-likeness (QED) is 0.0447. The van der Waals surface area contributed by atoms with E-state index in [1.165, 1.54) is 77.0 Å². The summed E-state index contributed by atoms with van der Waals surface area (Å²) in [5, 5.41) is 0. The van der Waals surface area contributed by atoms with E-state index in [-0.39, 0.29) is 75.2 Å². The van der Waals surface area contributed by atoms with E-state index in [1.807, 2.05) is 0 Å². The summed E-state index contributed by atoms with van der Waals surface area (Å²) < 4.78 is 41.7. The van der Waals surface area contributed by atoms with E-state index in [0.717, 1.165) is 69.3 Å². The number of hydrogen-bond donors (Lipinski definition) is 0. The van der Waals surface area contributed by atoms with Crippen LogP contribution in [0.15, 0.2) is 48.6 Å². The Morgan fingerprint density at radius 2 is 0.923 bits per heavy atom. The third kappa shape index (κ3) is 16.3. The Morgan fingerprint density at radius 1 is 0.508 bits per heavy atom. The molecular formula is C52H78O13. The van der Waals surface area contributed by atoms with E-state index in [4.69, 9.17) is 37.9 Å². The maximum atomic E-state index is 12.2. The molecule has 10 aliphatic rings. The average molecular weight is 911 g/mol. The predicted molar refractivity (Wildman–Crippen MR) is 243 cm³/mol. The zero-order valence-corrected chi connectivity index (χ0v) is 39.9. The summed E-state index contributed by atoms with van der Waals surface area (Å²) in [6, 6.07) is 0. The van der Waals surface area contributed by atoms with Crippen LogP contribution in [0.4, 0.5) is 0 Å². The van der Waals surface area contributed by atoms with Gasteiger partial charge in [0.2, 0.25) is 0 Å². The summed E-state index contributed by atoms with van der Waals surface area (Å²) in [6.07, 6.45) is 23.6. The number of hydrogen-bond acceptors (Lipinski definition) is 13. The minimum atomic E-state index is -0.435. The normalized spacial score (nSPS) is 30.3. The first-order valence-corrected chi connectivity index (χ1v) is 24.3. The molecule has 13 heteroatoms. The second kappa shape index (κ2) is 25.5. The third-order valence-electron chi connectivity index (χ3n) is 14.6. The molecule has 0 aliphatic heterocycles. The lowest BCUT2D eigenvalue weighted by Gasteiger charge is -2.56. The van der Waals surface area contributed by atoms with Gasteiger partial charge in [0, 0.05) is 34.1 Å². The van der Waals surface area contributed by atoms with Crippen molar-refractivity contribution in [2.45, 2.75) is 168 Å². The molecule has 10 saturated carbocycles. The second-order valence-corrected chi connectivity index (χ2v) is 20.5. The molecule has 0 aromatic rings. The van der Waals surface area contributed by atoms with Gasteiger partial charge in [-0.25, -0.2) is 19.2 Å². The zero-order chi connectivity index (χ0) is 47.1. The molecule has 5 unspecified atom stereocenters. The van der Waals surface area contributed by atoms with Gasteiger partial charge in [-0.1, -0.05) is 58.4 Å². The van der Waals surface area contributed by atoms with Crippen LogP contribution in [-0.4, -0.2) is 81.8 Å². The van der Waals surface area contributed by atoms with Gasteiger partial charge in [0.1, 0.15) is 5.78 Å². The fourth-order valence-electron chi connectivity index (χ4n) is 12.0. The van der Waals surface area contributed by atoms with E-state index in [1.54, 1.807) is 27.7 Å². The molecule has 10 rings (SSSR count). The molecule has 0 spiro atoms. The fraction of sp³-hybridized carbons (Fsp3) is 0.750. The lowest BCUT2D eigenvalue weighted by Crippen LogP contribution is -2.55. The smallest absolute Gasteiger partial charge is 0.335 e. The largest absolute Gasteiger partial charge is 0.435 e. The van der Waals surface area contributed by atoms with Gasteiger partial charge in [-0.3, -0.25) is 4.79 Å². The topological polar surface area (TPSA) is 159 Å². The first-order valence-electron chi connectivity index (χ1n) is 24.3.